The smallest absolute Gasteiger partial charge is 0.315 e. The number of carbonyl (C=O) groups is 1. The highest BCUT2D eigenvalue weighted by Gasteiger charge is 2.24. The number of benzene rings is 1. The third-order valence-electron chi connectivity index (χ3n) is 3.13. The van der Waals surface area contributed by atoms with E-state index in [2.05, 4.69) is 5.32 Å². The Morgan fingerprint density at radius 3 is 2.52 bits per heavy atom. The van der Waals surface area contributed by atoms with Crippen molar-refractivity contribution in [3.8, 4) is 0 Å². The van der Waals surface area contributed by atoms with Gasteiger partial charge in [-0.2, -0.15) is 0 Å². The Morgan fingerprint density at radius 2 is 2.05 bits per heavy atom. The maximum Gasteiger partial charge on any atom is 0.315 e. The van der Waals surface area contributed by atoms with Gasteiger partial charge in [-0.25, -0.2) is 0 Å². The Bertz CT molecular complexity index is 517. The number of nitro benzene ring substituents is 1. The van der Waals surface area contributed by atoms with Crippen LogP contribution in [0.15, 0.2) is 18.2 Å². The van der Waals surface area contributed by atoms with Gasteiger partial charge in [0.2, 0.25) is 5.91 Å². The number of rotatable bonds is 7. The lowest BCUT2D eigenvalue weighted by Gasteiger charge is -2.25. The van der Waals surface area contributed by atoms with E-state index in [0.29, 0.717) is 17.9 Å². The van der Waals surface area contributed by atoms with E-state index in [1.807, 2.05) is 6.92 Å². The summed E-state index contributed by atoms with van der Waals surface area (Å²) in [6, 6.07) is 5.08. The number of hydrogen-bond donors (Lipinski definition) is 1. The lowest BCUT2D eigenvalue weighted by atomic mass is 10.2. The van der Waals surface area contributed by atoms with E-state index in [-0.39, 0.29) is 18.1 Å². The third kappa shape index (κ3) is 4.08. The second-order valence-electron chi connectivity index (χ2n) is 4.89. The Morgan fingerprint density at radius 1 is 1.38 bits per heavy atom. The minimum absolute atomic E-state index is 0.00000567. The Balaban J connectivity index is 3.24. The number of amides is 1. The van der Waals surface area contributed by atoms with Gasteiger partial charge in [0.25, 0.3) is 0 Å². The van der Waals surface area contributed by atoms with E-state index < -0.39 is 4.92 Å². The molecule has 0 aliphatic rings. The fourth-order valence-corrected chi connectivity index (χ4v) is 2.04. The van der Waals surface area contributed by atoms with Gasteiger partial charge in [0.05, 0.1) is 11.5 Å². The molecule has 0 radical (unpaired) electrons. The van der Waals surface area contributed by atoms with Crippen LogP contribution in [0.2, 0.25) is 0 Å². The summed E-state index contributed by atoms with van der Waals surface area (Å²) in [4.78, 5) is 26.1. The highest BCUT2D eigenvalue weighted by molar-refractivity contribution is 5.84. The topological polar surface area (TPSA) is 78.7 Å². The van der Waals surface area contributed by atoms with Crippen molar-refractivity contribution in [3.63, 3.8) is 0 Å². The van der Waals surface area contributed by atoms with Crippen LogP contribution in [0.25, 0.3) is 0 Å². The second kappa shape index (κ2) is 7.47. The van der Waals surface area contributed by atoms with E-state index in [9.17, 15) is 14.9 Å². The standard InChI is InChI=1S/C14H22N4O3/c1-5-9-17(10-13(19)16(3)4)12-8-6-7-11(15-2)14(12)18(20)21/h6-8,15H,5,9-10H2,1-4H3. The van der Waals surface area contributed by atoms with E-state index >= 15 is 0 Å². The fraction of sp³-hybridized carbons (Fsp3) is 0.500. The molecule has 21 heavy (non-hydrogen) atoms. The zero-order valence-electron chi connectivity index (χ0n) is 12.9. The first-order chi connectivity index (χ1) is 9.92. The van der Waals surface area contributed by atoms with Crippen molar-refractivity contribution in [1.82, 2.24) is 4.90 Å². The van der Waals surface area contributed by atoms with Crippen LogP contribution in [0, 0.1) is 10.1 Å². The van der Waals surface area contributed by atoms with Gasteiger partial charge in [0, 0.05) is 27.7 Å². The monoisotopic (exact) mass is 294 g/mol. The number of nitrogens with one attached hydrogen (secondary N) is 1. The summed E-state index contributed by atoms with van der Waals surface area (Å²) in [6.07, 6.45) is 0.793. The molecule has 1 rings (SSSR count). The molecule has 0 aliphatic carbocycles. The van der Waals surface area contributed by atoms with Crippen molar-refractivity contribution in [2.75, 3.05) is 44.4 Å². The Hall–Kier alpha value is -2.31. The third-order valence-corrected chi connectivity index (χ3v) is 3.13. The first-order valence-corrected chi connectivity index (χ1v) is 6.82. The molecule has 0 saturated heterocycles. The van der Waals surface area contributed by atoms with E-state index in [4.69, 9.17) is 0 Å². The number of nitrogens with zero attached hydrogens (tertiary/aromatic N) is 3. The largest absolute Gasteiger partial charge is 0.382 e. The molecule has 1 aromatic rings. The van der Waals surface area contributed by atoms with Crippen LogP contribution >= 0.6 is 0 Å². The zero-order chi connectivity index (χ0) is 16.0. The number of hydrogen-bond acceptors (Lipinski definition) is 5. The van der Waals surface area contributed by atoms with Crippen LogP contribution in [0.5, 0.6) is 0 Å². The van der Waals surface area contributed by atoms with Crippen LogP contribution in [-0.4, -0.2) is 50.0 Å². The molecule has 7 heteroatoms. The normalized spacial score (nSPS) is 10.1. The quantitative estimate of drug-likeness (QED) is 0.614. The lowest BCUT2D eigenvalue weighted by Crippen LogP contribution is -2.37. The summed E-state index contributed by atoms with van der Waals surface area (Å²) >= 11 is 0. The van der Waals surface area contributed by atoms with Gasteiger partial charge in [-0.15, -0.1) is 0 Å². The lowest BCUT2D eigenvalue weighted by molar-refractivity contribution is -0.383. The highest BCUT2D eigenvalue weighted by Crippen LogP contribution is 2.35. The van der Waals surface area contributed by atoms with E-state index in [1.54, 1.807) is 44.2 Å². The van der Waals surface area contributed by atoms with Crippen LogP contribution in [0.1, 0.15) is 13.3 Å². The molecular weight excluding hydrogens is 272 g/mol. The number of carbonyl (C=O) groups excluding carboxylic acids is 1. The summed E-state index contributed by atoms with van der Waals surface area (Å²) < 4.78 is 0. The summed E-state index contributed by atoms with van der Waals surface area (Å²) in [5, 5.41) is 14.2. The Kier molecular flexibility index (Phi) is 5.95. The Labute approximate surface area is 124 Å². The molecule has 1 amide bonds. The SMILES string of the molecule is CCCN(CC(=O)N(C)C)c1cccc(NC)c1[N+](=O)[O-]. The average Bonchev–Trinajstić information content (AvgIpc) is 2.45. The maximum atomic E-state index is 11.9. The minimum Gasteiger partial charge on any atom is -0.382 e. The first kappa shape index (κ1) is 16.7. The predicted molar refractivity (Wildman–Crippen MR) is 83.8 cm³/mol. The van der Waals surface area contributed by atoms with Gasteiger partial charge in [0.15, 0.2) is 0 Å². The molecule has 0 unspecified atom stereocenters. The van der Waals surface area contributed by atoms with E-state index in [1.165, 1.54) is 4.90 Å². The first-order valence-electron chi connectivity index (χ1n) is 6.82. The molecule has 116 valence electrons. The van der Waals surface area contributed by atoms with E-state index in [0.717, 1.165) is 6.42 Å². The summed E-state index contributed by atoms with van der Waals surface area (Å²) in [6.45, 7) is 2.67. The molecule has 1 aromatic carbocycles. The van der Waals surface area contributed by atoms with Crippen molar-refractivity contribution in [3.05, 3.63) is 28.3 Å². The maximum absolute atomic E-state index is 11.9. The molecule has 0 aliphatic heterocycles. The molecular formula is C14H22N4O3. The van der Waals surface area contributed by atoms with Gasteiger partial charge in [-0.3, -0.25) is 14.9 Å². The van der Waals surface area contributed by atoms with Gasteiger partial charge in [0.1, 0.15) is 11.4 Å². The second-order valence-corrected chi connectivity index (χ2v) is 4.89. The van der Waals surface area contributed by atoms with Crippen molar-refractivity contribution >= 4 is 23.0 Å². The number of anilines is 2. The number of likely N-dealkylation sites (N-methyl/N-ethyl adjacent to an activating group) is 1. The van der Waals surface area contributed by atoms with Gasteiger partial charge < -0.3 is 15.1 Å². The van der Waals surface area contributed by atoms with Crippen molar-refractivity contribution in [2.45, 2.75) is 13.3 Å². The predicted octanol–water partition coefficient (Wildman–Crippen LogP) is 1.94. The number of nitro groups is 1. The van der Waals surface area contributed by atoms with Crippen LogP contribution in [-0.2, 0) is 4.79 Å². The minimum atomic E-state index is -0.413. The molecule has 0 saturated carbocycles. The summed E-state index contributed by atoms with van der Waals surface area (Å²) in [5.74, 6) is -0.0902. The molecule has 0 spiro atoms. The average molecular weight is 294 g/mol. The molecule has 0 fully saturated rings. The van der Waals surface area contributed by atoms with Crippen molar-refractivity contribution in [1.29, 1.82) is 0 Å². The molecule has 0 aromatic heterocycles. The highest BCUT2D eigenvalue weighted by atomic mass is 16.6. The zero-order valence-corrected chi connectivity index (χ0v) is 12.9. The molecule has 7 nitrogen and oxygen atoms in total. The summed E-state index contributed by atoms with van der Waals surface area (Å²) in [7, 11) is 4.98. The molecule has 0 heterocycles. The van der Waals surface area contributed by atoms with Crippen LogP contribution in [0.3, 0.4) is 0 Å². The summed E-state index contributed by atoms with van der Waals surface area (Å²) in [5.41, 5.74) is 0.903. The molecule has 0 bridgehead atoms. The van der Waals surface area contributed by atoms with Gasteiger partial charge in [-0.1, -0.05) is 13.0 Å². The van der Waals surface area contributed by atoms with Gasteiger partial charge >= 0.3 is 5.69 Å². The van der Waals surface area contributed by atoms with Crippen molar-refractivity contribution in [2.24, 2.45) is 0 Å². The van der Waals surface area contributed by atoms with Crippen molar-refractivity contribution < 1.29 is 9.72 Å². The number of para-hydroxylation sites is 1. The van der Waals surface area contributed by atoms with Crippen LogP contribution < -0.4 is 10.2 Å². The molecule has 1 N–H and O–H groups in total. The fourth-order valence-electron chi connectivity index (χ4n) is 2.04. The molecule has 0 atom stereocenters. The van der Waals surface area contributed by atoms with Crippen LogP contribution in [0.4, 0.5) is 17.1 Å². The van der Waals surface area contributed by atoms with Gasteiger partial charge in [-0.05, 0) is 18.6 Å².